The Hall–Kier alpha value is -0.780. The summed E-state index contributed by atoms with van der Waals surface area (Å²) in [7, 11) is 0. The Balaban J connectivity index is 4.06. The topological polar surface area (TPSA) is 35.5 Å². The number of hydrogen-bond acceptors (Lipinski definition) is 3. The van der Waals surface area contributed by atoms with E-state index in [1.54, 1.807) is 6.92 Å². The molecule has 0 aromatic rings. The largest absolute Gasteiger partial charge is 0.461 e. The quantitative estimate of drug-likeness (QED) is 0.635. The van der Waals surface area contributed by atoms with E-state index in [2.05, 4.69) is 9.68 Å². The number of rotatable bonds is 6. The van der Waals surface area contributed by atoms with Crippen LogP contribution in [0, 0.1) is 5.92 Å². The molecule has 0 saturated heterocycles. The third-order valence-electron chi connectivity index (χ3n) is 1.79. The Kier molecular flexibility index (Phi) is 5.52. The van der Waals surface area contributed by atoms with Crippen LogP contribution in [-0.2, 0) is 14.5 Å². The summed E-state index contributed by atoms with van der Waals surface area (Å²) in [5.74, 6) is -5.29. The maximum atomic E-state index is 12.8. The van der Waals surface area contributed by atoms with E-state index in [0.29, 0.717) is 6.42 Å². The van der Waals surface area contributed by atoms with E-state index in [1.807, 2.05) is 6.92 Å². The molecule has 84 valence electrons. The zero-order chi connectivity index (χ0) is 11.2. The summed E-state index contributed by atoms with van der Waals surface area (Å²) in [5, 5.41) is 0. The summed E-state index contributed by atoms with van der Waals surface area (Å²) >= 11 is 0. The number of esters is 1. The Morgan fingerprint density at radius 2 is 2.14 bits per heavy atom. The second kappa shape index (κ2) is 5.85. The van der Waals surface area contributed by atoms with Crippen LogP contribution in [0.1, 0.15) is 20.3 Å². The van der Waals surface area contributed by atoms with Crippen molar-refractivity contribution < 1.29 is 27.8 Å². The van der Waals surface area contributed by atoms with E-state index in [0.717, 1.165) is 0 Å². The summed E-state index contributed by atoms with van der Waals surface area (Å²) in [6.07, 6.45) is 0.707. The van der Waals surface area contributed by atoms with Gasteiger partial charge in [0.15, 0.2) is 6.67 Å². The maximum Gasteiger partial charge on any atom is 0.378 e. The van der Waals surface area contributed by atoms with Gasteiger partial charge in [0.2, 0.25) is 0 Å². The zero-order valence-electron chi connectivity index (χ0n) is 8.06. The van der Waals surface area contributed by atoms with Crippen molar-refractivity contribution in [3.8, 4) is 0 Å². The van der Waals surface area contributed by atoms with Gasteiger partial charge >= 0.3 is 11.8 Å². The molecule has 0 heterocycles. The van der Waals surface area contributed by atoms with E-state index in [9.17, 15) is 18.1 Å². The van der Waals surface area contributed by atoms with Crippen LogP contribution in [-0.4, -0.2) is 25.1 Å². The number of hydrogen-bond donors (Lipinski definition) is 0. The average Bonchev–Trinajstić information content (AvgIpc) is 2.23. The van der Waals surface area contributed by atoms with Crippen LogP contribution in [0.2, 0.25) is 0 Å². The molecule has 2 unspecified atom stereocenters. The molecular weight excluding hydrogens is 201 g/mol. The van der Waals surface area contributed by atoms with Crippen LogP contribution in [0.25, 0.3) is 0 Å². The Morgan fingerprint density at radius 1 is 1.57 bits per heavy atom. The summed E-state index contributed by atoms with van der Waals surface area (Å²) in [5.41, 5.74) is 0. The van der Waals surface area contributed by atoms with Crippen LogP contribution < -0.4 is 0 Å². The highest BCUT2D eigenvalue weighted by atomic mass is 19.3. The molecule has 14 heavy (non-hydrogen) atoms. The normalized spacial score (nSPS) is 17.2. The SMILES string of the molecule is CCC(C)COC(=O)C(F)(CF)OF. The second-order valence-corrected chi connectivity index (χ2v) is 3.05. The lowest BCUT2D eigenvalue weighted by Gasteiger charge is -2.16. The summed E-state index contributed by atoms with van der Waals surface area (Å²) in [6, 6.07) is 0. The molecule has 0 rings (SSSR count). The van der Waals surface area contributed by atoms with Gasteiger partial charge in [-0.25, -0.2) is 9.18 Å². The minimum absolute atomic E-state index is 0.00224. The summed E-state index contributed by atoms with van der Waals surface area (Å²) in [6.45, 7) is 1.58. The highest BCUT2D eigenvalue weighted by Crippen LogP contribution is 2.17. The van der Waals surface area contributed by atoms with Crippen molar-refractivity contribution in [2.45, 2.75) is 26.1 Å². The Bertz CT molecular complexity index is 183. The first-order chi connectivity index (χ1) is 6.50. The van der Waals surface area contributed by atoms with E-state index < -0.39 is 18.5 Å². The molecule has 0 aliphatic heterocycles. The maximum absolute atomic E-state index is 12.8. The van der Waals surface area contributed by atoms with Gasteiger partial charge in [0.05, 0.1) is 6.61 Å². The predicted molar refractivity (Wildman–Crippen MR) is 42.4 cm³/mol. The third kappa shape index (κ3) is 3.53. The van der Waals surface area contributed by atoms with Crippen LogP contribution >= 0.6 is 0 Å². The Morgan fingerprint density at radius 3 is 2.50 bits per heavy atom. The van der Waals surface area contributed by atoms with Crippen LogP contribution in [0.4, 0.5) is 13.3 Å². The van der Waals surface area contributed by atoms with Crippen molar-refractivity contribution in [3.05, 3.63) is 0 Å². The first-order valence-corrected chi connectivity index (χ1v) is 4.22. The zero-order valence-corrected chi connectivity index (χ0v) is 8.06. The lowest BCUT2D eigenvalue weighted by atomic mass is 10.1. The molecule has 2 atom stereocenters. The average molecular weight is 214 g/mol. The Labute approximate surface area is 80.1 Å². The summed E-state index contributed by atoms with van der Waals surface area (Å²) in [4.78, 5) is 13.3. The summed E-state index contributed by atoms with van der Waals surface area (Å²) < 4.78 is 40.4. The molecule has 3 nitrogen and oxygen atoms in total. The monoisotopic (exact) mass is 214 g/mol. The highest BCUT2D eigenvalue weighted by Gasteiger charge is 2.44. The van der Waals surface area contributed by atoms with E-state index in [1.165, 1.54) is 0 Å². The minimum atomic E-state index is -3.62. The predicted octanol–water partition coefficient (Wildman–Crippen LogP) is 2.11. The molecule has 0 aliphatic carbocycles. The molecule has 0 radical (unpaired) electrons. The molecular formula is C8H13F3O3. The fourth-order valence-corrected chi connectivity index (χ4v) is 0.550. The lowest BCUT2D eigenvalue weighted by molar-refractivity contribution is -0.294. The number of alkyl halides is 2. The standard InChI is InChI=1S/C8H13F3O3/c1-3-6(2)4-13-7(12)8(10,5-9)14-11/h6H,3-5H2,1-2H3. The number of carbonyl (C=O) groups excluding carboxylic acids is 1. The van der Waals surface area contributed by atoms with Gasteiger partial charge in [-0.15, -0.1) is 4.94 Å². The molecule has 0 amide bonds. The van der Waals surface area contributed by atoms with Gasteiger partial charge in [0, 0.05) is 0 Å². The third-order valence-corrected chi connectivity index (χ3v) is 1.79. The van der Waals surface area contributed by atoms with Crippen molar-refractivity contribution in [3.63, 3.8) is 0 Å². The number of ether oxygens (including phenoxy) is 1. The number of carbonyl (C=O) groups is 1. The fraction of sp³-hybridized carbons (Fsp3) is 0.875. The molecule has 0 saturated carbocycles. The van der Waals surface area contributed by atoms with Crippen LogP contribution in [0.3, 0.4) is 0 Å². The number of halogens is 3. The van der Waals surface area contributed by atoms with Crippen molar-refractivity contribution in [1.82, 2.24) is 0 Å². The van der Waals surface area contributed by atoms with E-state index in [4.69, 9.17) is 0 Å². The fourth-order valence-electron chi connectivity index (χ4n) is 0.550. The molecule has 0 bridgehead atoms. The van der Waals surface area contributed by atoms with Gasteiger partial charge in [-0.2, -0.15) is 4.39 Å². The van der Waals surface area contributed by atoms with Gasteiger partial charge < -0.3 is 4.74 Å². The van der Waals surface area contributed by atoms with Gasteiger partial charge in [0.25, 0.3) is 0 Å². The van der Waals surface area contributed by atoms with E-state index >= 15 is 0 Å². The van der Waals surface area contributed by atoms with E-state index in [-0.39, 0.29) is 12.5 Å². The molecule has 0 aromatic carbocycles. The molecule has 6 heteroatoms. The van der Waals surface area contributed by atoms with Gasteiger partial charge in [-0.05, 0) is 10.4 Å². The molecule has 0 spiro atoms. The van der Waals surface area contributed by atoms with Crippen LogP contribution in [0.15, 0.2) is 0 Å². The van der Waals surface area contributed by atoms with Gasteiger partial charge in [-0.1, -0.05) is 20.3 Å². The lowest BCUT2D eigenvalue weighted by Crippen LogP contribution is -2.39. The van der Waals surface area contributed by atoms with Crippen molar-refractivity contribution in [2.24, 2.45) is 5.92 Å². The molecule has 0 fully saturated rings. The molecule has 0 aliphatic rings. The van der Waals surface area contributed by atoms with Crippen LogP contribution in [0.5, 0.6) is 0 Å². The van der Waals surface area contributed by atoms with Crippen molar-refractivity contribution in [1.29, 1.82) is 0 Å². The smallest absolute Gasteiger partial charge is 0.378 e. The second-order valence-electron chi connectivity index (χ2n) is 3.05. The van der Waals surface area contributed by atoms with Gasteiger partial charge in [0.1, 0.15) is 0 Å². The first kappa shape index (κ1) is 13.2. The molecule has 0 aromatic heterocycles. The first-order valence-electron chi connectivity index (χ1n) is 4.22. The highest BCUT2D eigenvalue weighted by molar-refractivity contribution is 5.77. The van der Waals surface area contributed by atoms with Gasteiger partial charge in [-0.3, -0.25) is 0 Å². The van der Waals surface area contributed by atoms with Crippen molar-refractivity contribution >= 4 is 5.97 Å². The van der Waals surface area contributed by atoms with Crippen molar-refractivity contribution in [2.75, 3.05) is 13.3 Å². The molecule has 0 N–H and O–H groups in total. The minimum Gasteiger partial charge on any atom is -0.461 e.